The number of guanidine groups is 1. The number of hydrazine groups is 2. The van der Waals surface area contributed by atoms with E-state index >= 15 is 0 Å². The molecule has 15 heteroatoms. The van der Waals surface area contributed by atoms with Crippen LogP contribution in [0.1, 0.15) is 20.8 Å². The molecule has 1 aliphatic rings. The van der Waals surface area contributed by atoms with Gasteiger partial charge in [-0.25, -0.2) is 5.53 Å². The normalized spacial score (nSPS) is 13.2. The summed E-state index contributed by atoms with van der Waals surface area (Å²) in [5.74, 6) is -1.75. The first kappa shape index (κ1) is 19.7. The van der Waals surface area contributed by atoms with Gasteiger partial charge in [-0.1, -0.05) is 16.1 Å². The number of amides is 2. The van der Waals surface area contributed by atoms with E-state index < -0.39 is 24.2 Å². The summed E-state index contributed by atoms with van der Waals surface area (Å²) in [6.45, 7) is -3.18. The molecule has 148 valence electrons. The standard InChI is InChI=1S/C13H11ClF2N8O3S/c1-24-13(20-21-22-24)18-10(25)5-2-3-7(27-12(15)16)9(8(5)14)17-11(26)6-4-28-23-19-6/h2-4,12,21-22H,1H3,(H,17,26)(H,18,20,25). The van der Waals surface area contributed by atoms with Crippen molar-refractivity contribution in [1.82, 2.24) is 31.0 Å². The molecule has 3 rings (SSSR count). The van der Waals surface area contributed by atoms with Gasteiger partial charge >= 0.3 is 6.61 Å². The molecular formula is C13H11ClF2N8O3S. The topological polar surface area (TPSA) is 133 Å². The zero-order valence-corrected chi connectivity index (χ0v) is 15.4. The molecule has 0 radical (unpaired) electrons. The fourth-order valence-corrected chi connectivity index (χ4v) is 2.77. The van der Waals surface area contributed by atoms with Crippen molar-refractivity contribution in [3.05, 3.63) is 33.8 Å². The first-order valence-electron chi connectivity index (χ1n) is 7.36. The van der Waals surface area contributed by atoms with E-state index in [9.17, 15) is 18.4 Å². The number of rotatable bonds is 5. The number of carbonyl (C=O) groups excluding carboxylic acids is 2. The molecule has 0 aliphatic carbocycles. The van der Waals surface area contributed by atoms with E-state index in [-0.39, 0.29) is 27.9 Å². The van der Waals surface area contributed by atoms with Crippen LogP contribution in [0, 0.1) is 0 Å². The van der Waals surface area contributed by atoms with Crippen LogP contribution in [0.15, 0.2) is 22.6 Å². The number of nitrogens with zero attached hydrogens (tertiary/aromatic N) is 4. The van der Waals surface area contributed by atoms with Gasteiger partial charge in [-0.3, -0.25) is 19.9 Å². The van der Waals surface area contributed by atoms with Crippen LogP contribution < -0.4 is 26.4 Å². The third-order valence-electron chi connectivity index (χ3n) is 3.32. The Balaban J connectivity index is 1.91. The maximum absolute atomic E-state index is 12.7. The average Bonchev–Trinajstić information content (AvgIpc) is 3.30. The Labute approximate surface area is 164 Å². The van der Waals surface area contributed by atoms with Crippen molar-refractivity contribution >= 4 is 46.6 Å². The molecule has 1 aromatic carbocycles. The van der Waals surface area contributed by atoms with E-state index in [0.717, 1.165) is 17.6 Å². The second-order valence-corrected chi connectivity index (χ2v) is 6.08. The van der Waals surface area contributed by atoms with E-state index in [2.05, 4.69) is 41.1 Å². The van der Waals surface area contributed by atoms with Crippen molar-refractivity contribution in [2.24, 2.45) is 5.10 Å². The minimum absolute atomic E-state index is 0.0574. The predicted molar refractivity (Wildman–Crippen MR) is 94.9 cm³/mol. The lowest BCUT2D eigenvalue weighted by atomic mass is 10.1. The zero-order valence-electron chi connectivity index (χ0n) is 13.9. The molecule has 1 aromatic heterocycles. The number of halogens is 3. The number of hydrogen-bond donors (Lipinski definition) is 4. The van der Waals surface area contributed by atoms with Crippen LogP contribution in [0.4, 0.5) is 14.5 Å². The molecule has 0 unspecified atom stereocenters. The zero-order chi connectivity index (χ0) is 20.3. The molecule has 0 atom stereocenters. The Morgan fingerprint density at radius 3 is 2.71 bits per heavy atom. The largest absolute Gasteiger partial charge is 0.433 e. The number of aromatic nitrogens is 2. The first-order valence-corrected chi connectivity index (χ1v) is 8.57. The van der Waals surface area contributed by atoms with Gasteiger partial charge in [0.25, 0.3) is 11.8 Å². The summed E-state index contributed by atoms with van der Waals surface area (Å²) in [6.07, 6.45) is 0. The van der Waals surface area contributed by atoms with Crippen LogP contribution >= 0.6 is 23.1 Å². The van der Waals surface area contributed by atoms with Crippen molar-refractivity contribution in [3.63, 3.8) is 0 Å². The highest BCUT2D eigenvalue weighted by atomic mass is 35.5. The summed E-state index contributed by atoms with van der Waals surface area (Å²) in [4.78, 5) is 24.7. The van der Waals surface area contributed by atoms with Gasteiger partial charge in [0, 0.05) is 12.4 Å². The Morgan fingerprint density at radius 2 is 2.11 bits per heavy atom. The predicted octanol–water partition coefficient (Wildman–Crippen LogP) is 1.00. The Hall–Kier alpha value is -3.10. The van der Waals surface area contributed by atoms with Gasteiger partial charge in [-0.05, 0) is 23.7 Å². The van der Waals surface area contributed by atoms with Gasteiger partial charge in [0.05, 0.1) is 10.6 Å². The minimum Gasteiger partial charge on any atom is -0.433 e. The number of hydrogen-bond acceptors (Lipinski definition) is 10. The number of carbonyl (C=O) groups is 2. The molecule has 0 bridgehead atoms. The van der Waals surface area contributed by atoms with Crippen LogP contribution in [0.3, 0.4) is 0 Å². The number of benzene rings is 1. The highest BCUT2D eigenvalue weighted by Crippen LogP contribution is 2.36. The van der Waals surface area contributed by atoms with Crippen molar-refractivity contribution in [3.8, 4) is 5.75 Å². The monoisotopic (exact) mass is 432 g/mol. The molecule has 11 nitrogen and oxygen atoms in total. The van der Waals surface area contributed by atoms with Crippen LogP contribution in [0.25, 0.3) is 0 Å². The van der Waals surface area contributed by atoms with Gasteiger partial charge in [-0.2, -0.15) is 8.78 Å². The maximum atomic E-state index is 12.7. The molecule has 4 N–H and O–H groups in total. The van der Waals surface area contributed by atoms with E-state index in [4.69, 9.17) is 11.6 Å². The van der Waals surface area contributed by atoms with Crippen molar-refractivity contribution in [2.45, 2.75) is 6.61 Å². The molecule has 0 spiro atoms. The first-order chi connectivity index (χ1) is 13.4. The summed E-state index contributed by atoms with van der Waals surface area (Å²) < 4.78 is 33.3. The van der Waals surface area contributed by atoms with E-state index in [1.54, 1.807) is 7.05 Å². The van der Waals surface area contributed by atoms with Gasteiger partial charge < -0.3 is 10.1 Å². The van der Waals surface area contributed by atoms with Gasteiger partial charge in [0.1, 0.15) is 5.69 Å². The minimum atomic E-state index is -3.18. The number of hydrazone groups is 1. The highest BCUT2D eigenvalue weighted by Gasteiger charge is 2.24. The van der Waals surface area contributed by atoms with Gasteiger partial charge in [0.2, 0.25) is 5.96 Å². The maximum Gasteiger partial charge on any atom is 0.387 e. The molecule has 28 heavy (non-hydrogen) atoms. The summed E-state index contributed by atoms with van der Waals surface area (Å²) in [5, 5.41) is 14.5. The smallest absolute Gasteiger partial charge is 0.387 e. The number of ether oxygens (including phenoxy) is 1. The SMILES string of the molecule is CN1NNN=C1NC(=O)c1ccc(OC(F)F)c(NC(=O)c2csnn2)c1Cl. The molecule has 2 aromatic rings. The van der Waals surface area contributed by atoms with Crippen LogP contribution in [0.2, 0.25) is 5.02 Å². The molecular weight excluding hydrogens is 422 g/mol. The van der Waals surface area contributed by atoms with Crippen LogP contribution in [-0.4, -0.2) is 46.0 Å². The lowest BCUT2D eigenvalue weighted by Crippen LogP contribution is -2.45. The number of nitrogens with one attached hydrogen (secondary N) is 4. The third kappa shape index (κ3) is 4.24. The van der Waals surface area contributed by atoms with E-state index in [1.165, 1.54) is 16.5 Å². The lowest BCUT2D eigenvalue weighted by Gasteiger charge is -2.16. The summed E-state index contributed by atoms with van der Waals surface area (Å²) in [6, 6.07) is 2.25. The molecule has 2 heterocycles. The Morgan fingerprint density at radius 1 is 1.32 bits per heavy atom. The number of anilines is 1. The van der Waals surface area contributed by atoms with E-state index in [0.29, 0.717) is 0 Å². The lowest BCUT2D eigenvalue weighted by molar-refractivity contribution is -0.0493. The molecule has 2 amide bonds. The molecule has 0 saturated heterocycles. The quantitative estimate of drug-likeness (QED) is 0.550. The van der Waals surface area contributed by atoms with Crippen LogP contribution in [-0.2, 0) is 0 Å². The van der Waals surface area contributed by atoms with Crippen molar-refractivity contribution < 1.29 is 23.1 Å². The second-order valence-electron chi connectivity index (χ2n) is 5.10. The van der Waals surface area contributed by atoms with E-state index in [1.807, 2.05) is 0 Å². The third-order valence-corrected chi connectivity index (χ3v) is 4.22. The van der Waals surface area contributed by atoms with Crippen LogP contribution in [0.5, 0.6) is 5.75 Å². The fourth-order valence-electron chi connectivity index (χ4n) is 2.05. The Kier molecular flexibility index (Phi) is 5.81. The molecule has 1 aliphatic heterocycles. The van der Waals surface area contributed by atoms with Gasteiger partial charge in [-0.15, -0.1) is 15.7 Å². The fraction of sp³-hybridized carbons (Fsp3) is 0.154. The summed E-state index contributed by atoms with van der Waals surface area (Å²) >= 11 is 7.12. The molecule has 0 saturated carbocycles. The summed E-state index contributed by atoms with van der Waals surface area (Å²) in [7, 11) is 1.58. The number of alkyl halides is 2. The van der Waals surface area contributed by atoms with Gasteiger partial charge in [0.15, 0.2) is 11.4 Å². The highest BCUT2D eigenvalue weighted by molar-refractivity contribution is 7.03. The Bertz CT molecular complexity index is 927. The molecule has 0 fully saturated rings. The summed E-state index contributed by atoms with van der Waals surface area (Å²) in [5.41, 5.74) is 4.52. The van der Waals surface area contributed by atoms with Crippen molar-refractivity contribution in [2.75, 3.05) is 12.4 Å². The van der Waals surface area contributed by atoms with Crippen molar-refractivity contribution in [1.29, 1.82) is 0 Å². The second kappa shape index (κ2) is 8.28. The average molecular weight is 433 g/mol.